The van der Waals surface area contributed by atoms with Gasteiger partial charge in [-0.1, -0.05) is 0 Å². The van der Waals surface area contributed by atoms with Gasteiger partial charge in [-0.15, -0.1) is 0 Å². The molecule has 1 N–H and O–H groups in total. The molecule has 2 bridgehead atoms. The summed E-state index contributed by atoms with van der Waals surface area (Å²) < 4.78 is 0. The minimum absolute atomic E-state index is 0.713. The molecule has 2 saturated heterocycles. The highest BCUT2D eigenvalue weighted by atomic mass is 15.4. The van der Waals surface area contributed by atoms with Crippen LogP contribution in [0.5, 0.6) is 0 Å². The third-order valence-corrected chi connectivity index (χ3v) is 2.74. The average Bonchev–Trinajstić information content (AvgIpc) is 2.43. The zero-order valence-corrected chi connectivity index (χ0v) is 6.80. The van der Waals surface area contributed by atoms with Gasteiger partial charge in [0.05, 0.1) is 6.17 Å². The van der Waals surface area contributed by atoms with E-state index in [2.05, 4.69) is 24.1 Å². The summed E-state index contributed by atoms with van der Waals surface area (Å²) in [6.45, 7) is 5.81. The Hall–Kier alpha value is -0.0800. The van der Waals surface area contributed by atoms with Gasteiger partial charge in [-0.3, -0.25) is 4.90 Å². The van der Waals surface area contributed by atoms with E-state index >= 15 is 0 Å². The van der Waals surface area contributed by atoms with Crippen molar-refractivity contribution < 1.29 is 0 Å². The van der Waals surface area contributed by atoms with E-state index in [-0.39, 0.29) is 0 Å². The van der Waals surface area contributed by atoms with Crippen LogP contribution in [0, 0.1) is 0 Å². The molecule has 2 unspecified atom stereocenters. The van der Waals surface area contributed by atoms with Gasteiger partial charge in [-0.25, -0.2) is 0 Å². The van der Waals surface area contributed by atoms with Gasteiger partial charge in [0.25, 0.3) is 0 Å². The van der Waals surface area contributed by atoms with E-state index in [1.54, 1.807) is 0 Å². The molecule has 2 heterocycles. The molecule has 2 aliphatic rings. The summed E-state index contributed by atoms with van der Waals surface area (Å²) in [7, 11) is 0. The Labute approximate surface area is 62.6 Å². The Kier molecular flexibility index (Phi) is 1.46. The monoisotopic (exact) mass is 140 g/mol. The molecular formula is C8H16N2. The van der Waals surface area contributed by atoms with E-state index in [4.69, 9.17) is 0 Å². The van der Waals surface area contributed by atoms with Crippen molar-refractivity contribution in [3.63, 3.8) is 0 Å². The van der Waals surface area contributed by atoms with E-state index in [1.165, 1.54) is 19.4 Å². The first kappa shape index (κ1) is 6.62. The molecule has 2 heteroatoms. The zero-order chi connectivity index (χ0) is 7.14. The van der Waals surface area contributed by atoms with Crippen molar-refractivity contribution in [1.29, 1.82) is 0 Å². The Morgan fingerprint density at radius 3 is 2.40 bits per heavy atom. The van der Waals surface area contributed by atoms with E-state index in [9.17, 15) is 0 Å². The Morgan fingerprint density at radius 2 is 2.20 bits per heavy atom. The first-order chi connectivity index (χ1) is 4.79. The van der Waals surface area contributed by atoms with Crippen LogP contribution in [-0.4, -0.2) is 29.7 Å². The van der Waals surface area contributed by atoms with Crippen LogP contribution in [0.3, 0.4) is 0 Å². The van der Waals surface area contributed by atoms with E-state index < -0.39 is 0 Å². The number of hydrogen-bond acceptors (Lipinski definition) is 2. The van der Waals surface area contributed by atoms with Crippen LogP contribution in [0.2, 0.25) is 0 Å². The van der Waals surface area contributed by atoms with Crippen molar-refractivity contribution in [2.24, 2.45) is 0 Å². The minimum atomic E-state index is 0.713. The first-order valence-electron chi connectivity index (χ1n) is 4.30. The number of fused-ring (bicyclic) bond motifs is 2. The lowest BCUT2D eigenvalue weighted by Gasteiger charge is -2.24. The molecule has 0 aromatic heterocycles. The Morgan fingerprint density at radius 1 is 1.40 bits per heavy atom. The maximum absolute atomic E-state index is 3.51. The summed E-state index contributed by atoms with van der Waals surface area (Å²) in [5.41, 5.74) is 0. The van der Waals surface area contributed by atoms with E-state index in [0.29, 0.717) is 6.17 Å². The maximum atomic E-state index is 3.51. The minimum Gasteiger partial charge on any atom is -0.300 e. The van der Waals surface area contributed by atoms with Crippen molar-refractivity contribution in [3.8, 4) is 0 Å². The second-order valence-electron chi connectivity index (χ2n) is 3.70. The number of nitrogens with zero attached hydrogens (tertiary/aromatic N) is 1. The summed E-state index contributed by atoms with van der Waals surface area (Å²) >= 11 is 0. The molecule has 2 fully saturated rings. The van der Waals surface area contributed by atoms with Gasteiger partial charge in [-0.05, 0) is 26.7 Å². The highest BCUT2D eigenvalue weighted by molar-refractivity contribution is 4.95. The smallest absolute Gasteiger partial charge is 0.0603 e. The molecule has 0 aromatic carbocycles. The molecule has 2 aliphatic heterocycles. The maximum Gasteiger partial charge on any atom is 0.0603 e. The van der Waals surface area contributed by atoms with Crippen molar-refractivity contribution in [3.05, 3.63) is 0 Å². The lowest BCUT2D eigenvalue weighted by Crippen LogP contribution is -2.37. The second kappa shape index (κ2) is 2.21. The average molecular weight is 140 g/mol. The molecule has 2 atom stereocenters. The predicted octanol–water partition coefficient (Wildman–Crippen LogP) is 0.788. The lowest BCUT2D eigenvalue weighted by molar-refractivity contribution is 0.197. The van der Waals surface area contributed by atoms with Gasteiger partial charge in [-0.2, -0.15) is 0 Å². The molecule has 0 amide bonds. The molecule has 0 spiro atoms. The molecule has 0 radical (unpaired) electrons. The molecule has 0 aliphatic carbocycles. The van der Waals surface area contributed by atoms with Crippen LogP contribution >= 0.6 is 0 Å². The van der Waals surface area contributed by atoms with Crippen LogP contribution in [-0.2, 0) is 0 Å². The largest absolute Gasteiger partial charge is 0.300 e. The number of rotatable bonds is 1. The third kappa shape index (κ3) is 0.789. The number of piperidine rings is 1. The standard InChI is InChI=1S/C8H16N2/c1-6(2)10-7-3-4-8(10)9-5-7/h6-9H,3-5H2,1-2H3. The second-order valence-corrected chi connectivity index (χ2v) is 3.70. The van der Waals surface area contributed by atoms with Crippen LogP contribution in [0.1, 0.15) is 26.7 Å². The topological polar surface area (TPSA) is 15.3 Å². The van der Waals surface area contributed by atoms with E-state index in [1.807, 2.05) is 0 Å². The highest BCUT2D eigenvalue weighted by Gasteiger charge is 2.39. The number of nitrogens with one attached hydrogen (secondary N) is 1. The van der Waals surface area contributed by atoms with Gasteiger partial charge >= 0.3 is 0 Å². The molecule has 58 valence electrons. The van der Waals surface area contributed by atoms with Gasteiger partial charge < -0.3 is 5.32 Å². The summed E-state index contributed by atoms with van der Waals surface area (Å²) in [5, 5.41) is 3.51. The normalized spacial score (nSPS) is 39.9. The number of hydrogen-bond donors (Lipinski definition) is 1. The lowest BCUT2D eigenvalue weighted by atomic mass is 10.2. The molecular weight excluding hydrogens is 124 g/mol. The van der Waals surface area contributed by atoms with Gasteiger partial charge in [0, 0.05) is 18.6 Å². The zero-order valence-electron chi connectivity index (χ0n) is 6.80. The quantitative estimate of drug-likeness (QED) is 0.579. The summed E-state index contributed by atoms with van der Waals surface area (Å²) in [6, 6.07) is 1.58. The molecule has 0 saturated carbocycles. The third-order valence-electron chi connectivity index (χ3n) is 2.74. The molecule has 10 heavy (non-hydrogen) atoms. The molecule has 2 rings (SSSR count). The Bertz CT molecular complexity index is 113. The first-order valence-corrected chi connectivity index (χ1v) is 4.30. The fraction of sp³-hybridized carbons (Fsp3) is 1.00. The predicted molar refractivity (Wildman–Crippen MR) is 41.8 cm³/mol. The van der Waals surface area contributed by atoms with Crippen molar-refractivity contribution in [2.45, 2.75) is 44.9 Å². The SMILES string of the molecule is CC(C)N1C2CCC1NC2. The fourth-order valence-electron chi connectivity index (χ4n) is 2.37. The molecule has 2 nitrogen and oxygen atoms in total. The van der Waals surface area contributed by atoms with Gasteiger partial charge in [0.15, 0.2) is 0 Å². The molecule has 0 aromatic rings. The Balaban J connectivity index is 2.09. The fourth-order valence-corrected chi connectivity index (χ4v) is 2.37. The van der Waals surface area contributed by atoms with E-state index in [0.717, 1.165) is 12.1 Å². The van der Waals surface area contributed by atoms with Crippen LogP contribution < -0.4 is 5.32 Å². The van der Waals surface area contributed by atoms with Crippen molar-refractivity contribution in [1.82, 2.24) is 10.2 Å². The van der Waals surface area contributed by atoms with Gasteiger partial charge in [0.2, 0.25) is 0 Å². The van der Waals surface area contributed by atoms with Gasteiger partial charge in [0.1, 0.15) is 0 Å². The summed E-state index contributed by atoms with van der Waals surface area (Å²) in [6.07, 6.45) is 3.49. The van der Waals surface area contributed by atoms with Crippen molar-refractivity contribution in [2.75, 3.05) is 6.54 Å². The summed E-state index contributed by atoms with van der Waals surface area (Å²) in [4.78, 5) is 2.61. The highest BCUT2D eigenvalue weighted by Crippen LogP contribution is 2.29. The van der Waals surface area contributed by atoms with Crippen LogP contribution in [0.25, 0.3) is 0 Å². The van der Waals surface area contributed by atoms with Crippen molar-refractivity contribution >= 4 is 0 Å². The summed E-state index contributed by atoms with van der Waals surface area (Å²) in [5.74, 6) is 0. The van der Waals surface area contributed by atoms with Crippen LogP contribution in [0.4, 0.5) is 0 Å². The van der Waals surface area contributed by atoms with Crippen LogP contribution in [0.15, 0.2) is 0 Å².